The Labute approximate surface area is 113 Å². The van der Waals surface area contributed by atoms with Crippen LogP contribution in [-0.2, 0) is 4.79 Å². The van der Waals surface area contributed by atoms with Crippen molar-refractivity contribution in [2.24, 2.45) is 11.8 Å². The molecule has 0 aromatic carbocycles. The fourth-order valence-electron chi connectivity index (χ4n) is 4.31. The van der Waals surface area contributed by atoms with Gasteiger partial charge in [0.2, 0.25) is 5.89 Å². The van der Waals surface area contributed by atoms with Crippen LogP contribution in [0.1, 0.15) is 74.9 Å². The van der Waals surface area contributed by atoms with Crippen LogP contribution in [0.3, 0.4) is 0 Å². The van der Waals surface area contributed by atoms with Crippen molar-refractivity contribution in [3.63, 3.8) is 0 Å². The molecule has 1 aromatic rings. The summed E-state index contributed by atoms with van der Waals surface area (Å²) in [7, 11) is 0. The van der Waals surface area contributed by atoms with E-state index in [1.165, 1.54) is 25.7 Å². The van der Waals surface area contributed by atoms with Crippen molar-refractivity contribution < 1.29 is 9.32 Å². The van der Waals surface area contributed by atoms with Crippen molar-refractivity contribution >= 4 is 5.78 Å². The number of aromatic nitrogens is 2. The molecule has 3 unspecified atom stereocenters. The van der Waals surface area contributed by atoms with Crippen molar-refractivity contribution in [2.45, 2.75) is 63.2 Å². The first-order valence-corrected chi connectivity index (χ1v) is 7.65. The molecule has 1 heterocycles. The van der Waals surface area contributed by atoms with Gasteiger partial charge in [0.25, 0.3) is 0 Å². The number of carbonyl (C=O) groups excluding carboxylic acids is 1. The molecular formula is C15H20N2O2. The van der Waals surface area contributed by atoms with E-state index in [2.05, 4.69) is 10.1 Å². The third kappa shape index (κ3) is 2.01. The van der Waals surface area contributed by atoms with Crippen LogP contribution in [0.2, 0.25) is 0 Å². The maximum Gasteiger partial charge on any atom is 0.229 e. The third-order valence-electron chi connectivity index (χ3n) is 5.42. The highest BCUT2D eigenvalue weighted by molar-refractivity contribution is 5.79. The maximum atomic E-state index is 11.3. The molecule has 1 aromatic heterocycles. The fourth-order valence-corrected chi connectivity index (χ4v) is 4.31. The second kappa shape index (κ2) is 4.43. The van der Waals surface area contributed by atoms with Crippen molar-refractivity contribution in [3.05, 3.63) is 11.7 Å². The van der Waals surface area contributed by atoms with Gasteiger partial charge in [-0.3, -0.25) is 4.79 Å². The summed E-state index contributed by atoms with van der Waals surface area (Å²) in [4.78, 5) is 15.9. The quantitative estimate of drug-likeness (QED) is 0.819. The largest absolute Gasteiger partial charge is 0.339 e. The molecule has 3 fully saturated rings. The second-order valence-electron chi connectivity index (χ2n) is 6.59. The smallest absolute Gasteiger partial charge is 0.229 e. The Morgan fingerprint density at radius 2 is 1.89 bits per heavy atom. The van der Waals surface area contributed by atoms with Gasteiger partial charge in [-0.15, -0.1) is 0 Å². The first-order chi connectivity index (χ1) is 9.29. The van der Waals surface area contributed by atoms with Gasteiger partial charge in [0.1, 0.15) is 5.78 Å². The summed E-state index contributed by atoms with van der Waals surface area (Å²) < 4.78 is 5.49. The highest BCUT2D eigenvalue weighted by Gasteiger charge is 2.42. The summed E-state index contributed by atoms with van der Waals surface area (Å²) in [6, 6.07) is 0. The molecule has 0 spiro atoms. The van der Waals surface area contributed by atoms with Crippen molar-refractivity contribution in [1.29, 1.82) is 0 Å². The first kappa shape index (κ1) is 11.6. The van der Waals surface area contributed by atoms with Gasteiger partial charge >= 0.3 is 0 Å². The van der Waals surface area contributed by atoms with E-state index in [1.807, 2.05) is 0 Å². The lowest BCUT2D eigenvalue weighted by Gasteiger charge is -2.18. The summed E-state index contributed by atoms with van der Waals surface area (Å²) in [5, 5.41) is 4.24. The standard InChI is InChI=1S/C15H20N2O2/c18-12-5-3-10(4-6-12)15-16-14(17-19-15)13-8-9-1-2-11(13)7-9/h9-11,13H,1-8H2. The van der Waals surface area contributed by atoms with Gasteiger partial charge in [0.15, 0.2) is 5.82 Å². The van der Waals surface area contributed by atoms with E-state index in [4.69, 9.17) is 4.52 Å². The Morgan fingerprint density at radius 1 is 1.05 bits per heavy atom. The van der Waals surface area contributed by atoms with Crippen LogP contribution in [0.15, 0.2) is 4.52 Å². The van der Waals surface area contributed by atoms with E-state index in [1.54, 1.807) is 0 Å². The number of rotatable bonds is 2. The third-order valence-corrected chi connectivity index (χ3v) is 5.42. The molecule has 2 bridgehead atoms. The van der Waals surface area contributed by atoms with Gasteiger partial charge < -0.3 is 4.52 Å². The van der Waals surface area contributed by atoms with E-state index in [0.717, 1.165) is 36.4 Å². The van der Waals surface area contributed by atoms with Crippen molar-refractivity contribution in [1.82, 2.24) is 10.1 Å². The molecule has 0 saturated heterocycles. The minimum Gasteiger partial charge on any atom is -0.339 e. The maximum absolute atomic E-state index is 11.3. The molecule has 0 radical (unpaired) electrons. The Hall–Kier alpha value is -1.19. The zero-order valence-corrected chi connectivity index (χ0v) is 11.2. The first-order valence-electron chi connectivity index (χ1n) is 7.65. The van der Waals surface area contributed by atoms with E-state index >= 15 is 0 Å². The van der Waals surface area contributed by atoms with E-state index < -0.39 is 0 Å². The Balaban J connectivity index is 1.49. The average Bonchev–Trinajstić information content (AvgIpc) is 3.15. The Bertz CT molecular complexity index is 486. The lowest BCUT2D eigenvalue weighted by molar-refractivity contribution is -0.120. The molecular weight excluding hydrogens is 240 g/mol. The number of fused-ring (bicyclic) bond motifs is 2. The molecule has 4 nitrogen and oxygen atoms in total. The lowest BCUT2D eigenvalue weighted by Crippen LogP contribution is -2.13. The minimum absolute atomic E-state index is 0.317. The number of nitrogens with zero attached hydrogens (tertiary/aromatic N) is 2. The molecule has 0 aliphatic heterocycles. The zero-order chi connectivity index (χ0) is 12.8. The van der Waals surface area contributed by atoms with E-state index in [9.17, 15) is 4.79 Å². The molecule has 3 saturated carbocycles. The van der Waals surface area contributed by atoms with Gasteiger partial charge in [-0.1, -0.05) is 11.6 Å². The molecule has 0 N–H and O–H groups in total. The summed E-state index contributed by atoms with van der Waals surface area (Å²) in [6.07, 6.45) is 8.49. The lowest BCUT2D eigenvalue weighted by atomic mass is 9.87. The highest BCUT2D eigenvalue weighted by Crippen LogP contribution is 2.52. The van der Waals surface area contributed by atoms with E-state index in [-0.39, 0.29) is 0 Å². The molecule has 3 aliphatic carbocycles. The SMILES string of the molecule is O=C1CCC(c2nc(C3CC4CCC3C4)no2)CC1. The van der Waals surface area contributed by atoms with Crippen LogP contribution in [-0.4, -0.2) is 15.9 Å². The topological polar surface area (TPSA) is 56.0 Å². The summed E-state index contributed by atoms with van der Waals surface area (Å²) >= 11 is 0. The van der Waals surface area contributed by atoms with Gasteiger partial charge in [0, 0.05) is 24.7 Å². The molecule has 4 heteroatoms. The number of ketones is 1. The summed E-state index contributed by atoms with van der Waals surface area (Å²) in [5.74, 6) is 4.67. The monoisotopic (exact) mass is 260 g/mol. The van der Waals surface area contributed by atoms with Crippen LogP contribution in [0.25, 0.3) is 0 Å². The van der Waals surface area contributed by atoms with Crippen LogP contribution in [0, 0.1) is 11.8 Å². The minimum atomic E-state index is 0.317. The normalized spacial score (nSPS) is 35.2. The number of carbonyl (C=O) groups is 1. The predicted octanol–water partition coefficient (Wildman–Crippen LogP) is 3.20. The molecule has 102 valence electrons. The number of Topliss-reactive ketones (excluding diaryl/α,β-unsaturated/α-hetero) is 1. The van der Waals surface area contributed by atoms with Crippen LogP contribution >= 0.6 is 0 Å². The van der Waals surface area contributed by atoms with Gasteiger partial charge in [-0.2, -0.15) is 4.98 Å². The fraction of sp³-hybridized carbons (Fsp3) is 0.800. The summed E-state index contributed by atoms with van der Waals surface area (Å²) in [5.41, 5.74) is 0. The van der Waals surface area contributed by atoms with Crippen LogP contribution in [0.4, 0.5) is 0 Å². The van der Waals surface area contributed by atoms with Gasteiger partial charge in [-0.05, 0) is 43.9 Å². The number of hydrogen-bond acceptors (Lipinski definition) is 4. The second-order valence-corrected chi connectivity index (χ2v) is 6.59. The molecule has 3 aliphatic rings. The van der Waals surface area contributed by atoms with Crippen molar-refractivity contribution in [3.8, 4) is 0 Å². The summed E-state index contributed by atoms with van der Waals surface area (Å²) in [6.45, 7) is 0. The van der Waals surface area contributed by atoms with Gasteiger partial charge in [0.05, 0.1) is 0 Å². The zero-order valence-electron chi connectivity index (χ0n) is 11.2. The molecule has 19 heavy (non-hydrogen) atoms. The molecule has 0 amide bonds. The molecule has 4 rings (SSSR count). The van der Waals surface area contributed by atoms with Crippen LogP contribution in [0.5, 0.6) is 0 Å². The predicted molar refractivity (Wildman–Crippen MR) is 68.7 cm³/mol. The highest BCUT2D eigenvalue weighted by atomic mass is 16.5. The Morgan fingerprint density at radius 3 is 2.58 bits per heavy atom. The Kier molecular flexibility index (Phi) is 2.71. The van der Waals surface area contributed by atoms with Gasteiger partial charge in [-0.25, -0.2) is 0 Å². The van der Waals surface area contributed by atoms with Crippen molar-refractivity contribution in [2.75, 3.05) is 0 Å². The number of hydrogen-bond donors (Lipinski definition) is 0. The average molecular weight is 260 g/mol. The molecule has 3 atom stereocenters. The van der Waals surface area contributed by atoms with Crippen LogP contribution < -0.4 is 0 Å². The van der Waals surface area contributed by atoms with E-state index in [0.29, 0.717) is 30.5 Å².